The van der Waals surface area contributed by atoms with Gasteiger partial charge in [0.2, 0.25) is 23.6 Å². The van der Waals surface area contributed by atoms with E-state index in [0.29, 0.717) is 38.8 Å². The second-order valence-electron chi connectivity index (χ2n) is 12.2. The van der Waals surface area contributed by atoms with Crippen LogP contribution in [0.4, 0.5) is 0 Å². The van der Waals surface area contributed by atoms with Gasteiger partial charge in [0.1, 0.15) is 0 Å². The fraction of sp³-hybridized carbons (Fsp3) is 0.700. The van der Waals surface area contributed by atoms with Crippen LogP contribution in [0.3, 0.4) is 0 Å². The van der Waals surface area contributed by atoms with Crippen molar-refractivity contribution in [2.45, 2.75) is 37.8 Å². The first-order chi connectivity index (χ1) is 25.9. The molecular formula is C30H56N15O10-3. The first-order valence-electron chi connectivity index (χ1n) is 17.4. The normalized spacial score (nSPS) is 12.0. The maximum atomic E-state index is 12.5. The number of guanidine groups is 2. The average Bonchev–Trinajstić information content (AvgIpc) is 3.08. The Bertz CT molecular complexity index is 1210. The molecule has 314 valence electrons. The smallest absolute Gasteiger partial charge is 0.236 e. The van der Waals surface area contributed by atoms with Crippen molar-refractivity contribution in [2.24, 2.45) is 44.4 Å². The highest BCUT2D eigenvalue weighted by Crippen LogP contribution is 1.98. The monoisotopic (exact) mass is 786 g/mol. The molecule has 0 aromatic rings. The van der Waals surface area contributed by atoms with Gasteiger partial charge in [0.25, 0.3) is 0 Å². The van der Waals surface area contributed by atoms with Crippen molar-refractivity contribution in [3.05, 3.63) is 0 Å². The van der Waals surface area contributed by atoms with Crippen LogP contribution in [0, 0.1) is 0 Å². The maximum absolute atomic E-state index is 12.5. The standard InChI is InChI=1S/C30H59N15O10/c31-20(3-1-5-41-29(33)34)27(54)39-9-7-37-22(46)15-44(18-25(50)51)13-11-43(17-24(48)49)12-14-45(19-26(52)53)16-23(47)38-8-10-40-28(55)21(32)4-2-6-42-30(35)36/h20-21H,1-19,31-32H2,(H,37,46)(H,38,47)(H,39,54)(H,40,55)(H,48,49)(H,50,51)(H,52,53)(H4,33,34,41)(H4,35,36,42)/p-3. The number of nitrogens with zero attached hydrogens (tertiary/aromatic N) is 5. The predicted molar refractivity (Wildman–Crippen MR) is 192 cm³/mol. The van der Waals surface area contributed by atoms with E-state index in [4.69, 9.17) is 34.4 Å². The minimum absolute atomic E-state index is 0.00526. The number of carboxylic acids is 3. The molecule has 0 radical (unpaired) electrons. The highest BCUT2D eigenvalue weighted by atomic mass is 16.4. The number of nitrogens with two attached hydrogens (primary N) is 6. The number of hydrogen-bond donors (Lipinski definition) is 10. The fourth-order valence-electron chi connectivity index (χ4n) is 4.67. The maximum Gasteiger partial charge on any atom is 0.236 e. The number of amides is 4. The fourth-order valence-corrected chi connectivity index (χ4v) is 4.67. The highest BCUT2D eigenvalue weighted by molar-refractivity contribution is 5.82. The minimum Gasteiger partial charge on any atom is -0.549 e. The molecule has 0 fully saturated rings. The molecule has 0 rings (SSSR count). The number of carboxylic acid groups (broad SMARTS) is 3. The zero-order valence-corrected chi connectivity index (χ0v) is 30.9. The molecule has 0 saturated heterocycles. The Labute approximate surface area is 318 Å². The molecule has 25 heteroatoms. The van der Waals surface area contributed by atoms with Crippen molar-refractivity contribution < 1.29 is 48.9 Å². The van der Waals surface area contributed by atoms with Crippen LogP contribution >= 0.6 is 0 Å². The number of carbonyl (C=O) groups is 7. The Morgan fingerprint density at radius 2 is 0.800 bits per heavy atom. The predicted octanol–water partition coefficient (Wildman–Crippen LogP) is -11.6. The molecule has 0 bridgehead atoms. The third kappa shape index (κ3) is 28.8. The van der Waals surface area contributed by atoms with Gasteiger partial charge < -0.3 is 85.4 Å². The summed E-state index contributed by atoms with van der Waals surface area (Å²) < 4.78 is 0. The second-order valence-corrected chi connectivity index (χ2v) is 12.2. The molecule has 55 heavy (non-hydrogen) atoms. The molecule has 0 aliphatic heterocycles. The van der Waals surface area contributed by atoms with E-state index in [1.807, 2.05) is 0 Å². The summed E-state index contributed by atoms with van der Waals surface area (Å²) in [7, 11) is 0. The Morgan fingerprint density at radius 1 is 0.491 bits per heavy atom. The largest absolute Gasteiger partial charge is 0.549 e. The summed E-state index contributed by atoms with van der Waals surface area (Å²) in [5.41, 5.74) is 32.6. The molecule has 0 spiro atoms. The number of carbonyl (C=O) groups excluding carboxylic acids is 7. The highest BCUT2D eigenvalue weighted by Gasteiger charge is 2.18. The minimum atomic E-state index is -1.51. The third-order valence-corrected chi connectivity index (χ3v) is 7.36. The van der Waals surface area contributed by atoms with Crippen molar-refractivity contribution in [1.82, 2.24) is 36.0 Å². The van der Waals surface area contributed by atoms with Crippen LogP contribution in [-0.2, 0) is 33.6 Å². The summed E-state index contributed by atoms with van der Waals surface area (Å²) in [6.07, 6.45) is 1.58. The lowest BCUT2D eigenvalue weighted by Crippen LogP contribution is -2.50. The van der Waals surface area contributed by atoms with Crippen LogP contribution in [0.5, 0.6) is 0 Å². The molecular weight excluding hydrogens is 730 g/mol. The Hall–Kier alpha value is -5.37. The molecule has 0 aliphatic carbocycles. The zero-order chi connectivity index (χ0) is 41.8. The topological polar surface area (TPSA) is 427 Å². The van der Waals surface area contributed by atoms with Gasteiger partial charge in [0.15, 0.2) is 11.9 Å². The van der Waals surface area contributed by atoms with Gasteiger partial charge in [-0.2, -0.15) is 0 Å². The molecule has 25 nitrogen and oxygen atoms in total. The molecule has 2 unspecified atom stereocenters. The summed E-state index contributed by atoms with van der Waals surface area (Å²) in [6, 6.07) is -1.65. The van der Waals surface area contributed by atoms with Crippen molar-refractivity contribution >= 4 is 53.5 Å². The lowest BCUT2D eigenvalue weighted by atomic mass is 10.1. The van der Waals surface area contributed by atoms with Crippen molar-refractivity contribution in [2.75, 3.05) is 98.2 Å². The van der Waals surface area contributed by atoms with Crippen LogP contribution < -0.4 is 71.0 Å². The first-order valence-corrected chi connectivity index (χ1v) is 17.4. The molecule has 0 heterocycles. The zero-order valence-electron chi connectivity index (χ0n) is 30.9. The lowest BCUT2D eigenvalue weighted by Gasteiger charge is -2.30. The lowest BCUT2D eigenvalue weighted by molar-refractivity contribution is -0.308. The SMILES string of the molecule is NC(N)=NCCCC(N)C(=O)NCCNC(=O)CN(CCN(CCN(CC(=O)[O-])CC(=O)NCCNC(=O)C(N)CCCN=C(N)N)CC(=O)[O-])CC(=O)[O-]. The summed E-state index contributed by atoms with van der Waals surface area (Å²) in [5.74, 6) is -6.77. The first kappa shape index (κ1) is 49.6. The Kier molecular flexibility index (Phi) is 26.2. The van der Waals surface area contributed by atoms with Gasteiger partial charge in [-0.15, -0.1) is 0 Å². The second kappa shape index (κ2) is 29.0. The molecule has 0 aliphatic rings. The van der Waals surface area contributed by atoms with Gasteiger partial charge >= 0.3 is 0 Å². The average molecular weight is 787 g/mol. The van der Waals surface area contributed by atoms with Crippen molar-refractivity contribution in [3.63, 3.8) is 0 Å². The van der Waals surface area contributed by atoms with Crippen LogP contribution in [-0.4, -0.2) is 178 Å². The van der Waals surface area contributed by atoms with Crippen LogP contribution in [0.2, 0.25) is 0 Å². The van der Waals surface area contributed by atoms with E-state index in [9.17, 15) is 48.9 Å². The van der Waals surface area contributed by atoms with Gasteiger partial charge in [-0.1, -0.05) is 0 Å². The summed E-state index contributed by atoms with van der Waals surface area (Å²) in [5, 5.41) is 44.3. The van der Waals surface area contributed by atoms with Crippen molar-refractivity contribution in [1.29, 1.82) is 0 Å². The van der Waals surface area contributed by atoms with Gasteiger partial charge in [-0.3, -0.25) is 43.9 Å². The van der Waals surface area contributed by atoms with E-state index in [1.54, 1.807) is 0 Å². The molecule has 0 aromatic heterocycles. The van der Waals surface area contributed by atoms with E-state index >= 15 is 0 Å². The van der Waals surface area contributed by atoms with E-state index in [1.165, 1.54) is 14.7 Å². The number of rotatable bonds is 32. The Balaban J connectivity index is 4.94. The van der Waals surface area contributed by atoms with E-state index in [0.717, 1.165) is 0 Å². The van der Waals surface area contributed by atoms with Crippen molar-refractivity contribution in [3.8, 4) is 0 Å². The van der Waals surface area contributed by atoms with Crippen LogP contribution in [0.15, 0.2) is 9.98 Å². The molecule has 0 saturated carbocycles. The molecule has 16 N–H and O–H groups in total. The van der Waals surface area contributed by atoms with Gasteiger partial charge in [-0.25, -0.2) is 0 Å². The van der Waals surface area contributed by atoms with Gasteiger partial charge in [0.05, 0.1) is 43.1 Å². The summed E-state index contributed by atoms with van der Waals surface area (Å²) >= 11 is 0. The van der Waals surface area contributed by atoms with E-state index in [2.05, 4.69) is 31.3 Å². The van der Waals surface area contributed by atoms with Crippen LogP contribution in [0.1, 0.15) is 25.7 Å². The molecule has 4 amide bonds. The van der Waals surface area contributed by atoms with E-state index < -0.39 is 86.3 Å². The number of aliphatic imine (C=N–C) groups is 2. The van der Waals surface area contributed by atoms with E-state index in [-0.39, 0.29) is 64.3 Å². The summed E-state index contributed by atoms with van der Waals surface area (Å²) in [4.78, 5) is 94.7. The van der Waals surface area contributed by atoms with Gasteiger partial charge in [0, 0.05) is 85.1 Å². The number of aliphatic carboxylic acids is 3. The number of nitrogens with one attached hydrogen (secondary N) is 4. The number of hydrogen-bond acceptors (Lipinski definition) is 17. The molecule has 2 atom stereocenters. The Morgan fingerprint density at radius 3 is 1.13 bits per heavy atom. The summed E-state index contributed by atoms with van der Waals surface area (Å²) in [6.45, 7) is -2.65. The third-order valence-electron chi connectivity index (χ3n) is 7.36. The van der Waals surface area contributed by atoms with Crippen LogP contribution in [0.25, 0.3) is 0 Å². The quantitative estimate of drug-likeness (QED) is 0.0172. The molecule has 0 aromatic carbocycles. The van der Waals surface area contributed by atoms with Gasteiger partial charge in [-0.05, 0) is 25.7 Å².